The van der Waals surface area contributed by atoms with E-state index in [0.29, 0.717) is 0 Å². The fraction of sp³-hybridized carbons (Fsp3) is 0.533. The molecule has 1 aliphatic carbocycles. The number of methoxy groups -OCH3 is 1. The fourth-order valence-corrected chi connectivity index (χ4v) is 3.35. The van der Waals surface area contributed by atoms with Crippen LogP contribution in [-0.4, -0.2) is 24.4 Å². The van der Waals surface area contributed by atoms with E-state index in [1.807, 2.05) is 24.3 Å². The standard InChI is InChI=1S/C15H19NO3/c1-19-11-8-6-10(7-9-11)16-14(17)12-4-2-3-5-13(12)15(16)18/h6-9,12-14,17H,2-5H2,1H3/t12-,13+,14+/m1/s1. The lowest BCUT2D eigenvalue weighted by molar-refractivity contribution is -0.121. The molecule has 19 heavy (non-hydrogen) atoms. The van der Waals surface area contributed by atoms with Gasteiger partial charge in [-0.25, -0.2) is 0 Å². The van der Waals surface area contributed by atoms with Gasteiger partial charge in [-0.1, -0.05) is 12.8 Å². The molecule has 1 amide bonds. The smallest absolute Gasteiger partial charge is 0.232 e. The molecular weight excluding hydrogens is 242 g/mol. The van der Waals surface area contributed by atoms with Gasteiger partial charge in [0.1, 0.15) is 12.0 Å². The number of anilines is 1. The Bertz CT molecular complexity index is 471. The molecule has 4 heteroatoms. The molecule has 0 spiro atoms. The van der Waals surface area contributed by atoms with Gasteiger partial charge in [-0.05, 0) is 37.1 Å². The highest BCUT2D eigenvalue weighted by Crippen LogP contribution is 2.42. The Labute approximate surface area is 113 Å². The predicted molar refractivity (Wildman–Crippen MR) is 71.9 cm³/mol. The van der Waals surface area contributed by atoms with Gasteiger partial charge in [0.05, 0.1) is 7.11 Å². The molecule has 2 fully saturated rings. The Morgan fingerprint density at radius 2 is 1.89 bits per heavy atom. The highest BCUT2D eigenvalue weighted by atomic mass is 16.5. The first kappa shape index (κ1) is 12.5. The Morgan fingerprint density at radius 3 is 2.53 bits per heavy atom. The van der Waals surface area contributed by atoms with Crippen molar-refractivity contribution in [1.29, 1.82) is 0 Å². The summed E-state index contributed by atoms with van der Waals surface area (Å²) in [4.78, 5) is 14.0. The van der Waals surface area contributed by atoms with E-state index in [4.69, 9.17) is 4.74 Å². The minimum atomic E-state index is -0.675. The summed E-state index contributed by atoms with van der Waals surface area (Å²) in [5.41, 5.74) is 0.757. The maximum Gasteiger partial charge on any atom is 0.232 e. The van der Waals surface area contributed by atoms with Crippen molar-refractivity contribution in [1.82, 2.24) is 0 Å². The summed E-state index contributed by atoms with van der Waals surface area (Å²) >= 11 is 0. The molecular formula is C15H19NO3. The summed E-state index contributed by atoms with van der Waals surface area (Å²) in [6.45, 7) is 0. The van der Waals surface area contributed by atoms with Gasteiger partial charge in [0.15, 0.2) is 0 Å². The van der Waals surface area contributed by atoms with Gasteiger partial charge in [0.2, 0.25) is 5.91 Å². The third kappa shape index (κ3) is 2.00. The van der Waals surface area contributed by atoms with Gasteiger partial charge in [-0.2, -0.15) is 0 Å². The largest absolute Gasteiger partial charge is 0.497 e. The topological polar surface area (TPSA) is 49.8 Å². The highest BCUT2D eigenvalue weighted by Gasteiger charge is 2.48. The van der Waals surface area contributed by atoms with Crippen LogP contribution in [0, 0.1) is 11.8 Å². The molecule has 1 aromatic rings. The Kier molecular flexibility index (Phi) is 3.19. The molecule has 2 aliphatic rings. The monoisotopic (exact) mass is 261 g/mol. The minimum absolute atomic E-state index is 0.00542. The zero-order chi connectivity index (χ0) is 13.4. The Balaban J connectivity index is 1.88. The van der Waals surface area contributed by atoms with Crippen LogP contribution in [0.1, 0.15) is 25.7 Å². The van der Waals surface area contributed by atoms with Crippen LogP contribution in [0.5, 0.6) is 5.75 Å². The van der Waals surface area contributed by atoms with E-state index >= 15 is 0 Å². The third-order valence-corrected chi connectivity index (χ3v) is 4.37. The SMILES string of the molecule is COc1ccc(N2C(=O)[C@H]3CCCC[C@H]3[C@@H]2O)cc1. The summed E-state index contributed by atoms with van der Waals surface area (Å²) in [7, 11) is 1.61. The molecule has 1 saturated heterocycles. The van der Waals surface area contributed by atoms with Crippen LogP contribution in [0.3, 0.4) is 0 Å². The van der Waals surface area contributed by atoms with Crippen molar-refractivity contribution in [2.75, 3.05) is 12.0 Å². The number of carbonyl (C=O) groups excluding carboxylic acids is 1. The summed E-state index contributed by atoms with van der Waals surface area (Å²) < 4.78 is 5.11. The number of hydrogen-bond donors (Lipinski definition) is 1. The lowest BCUT2D eigenvalue weighted by Crippen LogP contribution is -2.35. The second kappa shape index (κ2) is 4.85. The molecule has 3 atom stereocenters. The maximum absolute atomic E-state index is 12.4. The van der Waals surface area contributed by atoms with Gasteiger partial charge in [-0.15, -0.1) is 0 Å². The second-order valence-electron chi connectivity index (χ2n) is 5.37. The number of aliphatic hydroxyl groups is 1. The molecule has 1 aromatic carbocycles. The van der Waals surface area contributed by atoms with Crippen molar-refractivity contribution in [2.45, 2.75) is 31.9 Å². The lowest BCUT2D eigenvalue weighted by Gasteiger charge is -2.25. The number of amides is 1. The van der Waals surface area contributed by atoms with Gasteiger partial charge >= 0.3 is 0 Å². The summed E-state index contributed by atoms with van der Waals surface area (Å²) in [6.07, 6.45) is 3.39. The number of fused-ring (bicyclic) bond motifs is 1. The van der Waals surface area contributed by atoms with Crippen LogP contribution in [0.4, 0.5) is 5.69 Å². The number of rotatable bonds is 2. The van der Waals surface area contributed by atoms with E-state index in [2.05, 4.69) is 0 Å². The van der Waals surface area contributed by atoms with E-state index < -0.39 is 6.23 Å². The van der Waals surface area contributed by atoms with E-state index in [1.54, 1.807) is 12.0 Å². The van der Waals surface area contributed by atoms with Crippen LogP contribution in [0.15, 0.2) is 24.3 Å². The Morgan fingerprint density at radius 1 is 1.21 bits per heavy atom. The number of benzene rings is 1. The van der Waals surface area contributed by atoms with E-state index in [1.165, 1.54) is 0 Å². The number of aliphatic hydroxyl groups excluding tert-OH is 1. The first-order valence-electron chi connectivity index (χ1n) is 6.87. The molecule has 0 radical (unpaired) electrons. The zero-order valence-electron chi connectivity index (χ0n) is 11.1. The number of hydrogen-bond acceptors (Lipinski definition) is 3. The lowest BCUT2D eigenvalue weighted by atomic mass is 9.81. The van der Waals surface area contributed by atoms with E-state index in [0.717, 1.165) is 37.1 Å². The molecule has 0 unspecified atom stereocenters. The van der Waals surface area contributed by atoms with Crippen LogP contribution < -0.4 is 9.64 Å². The number of ether oxygens (including phenoxy) is 1. The van der Waals surface area contributed by atoms with E-state index in [-0.39, 0.29) is 17.7 Å². The second-order valence-corrected chi connectivity index (χ2v) is 5.37. The third-order valence-electron chi connectivity index (χ3n) is 4.37. The van der Waals surface area contributed by atoms with Crippen LogP contribution in [0.2, 0.25) is 0 Å². The van der Waals surface area contributed by atoms with Crippen molar-refractivity contribution >= 4 is 11.6 Å². The molecule has 1 N–H and O–H groups in total. The zero-order valence-corrected chi connectivity index (χ0v) is 11.1. The van der Waals surface area contributed by atoms with Crippen molar-refractivity contribution in [3.8, 4) is 5.75 Å². The van der Waals surface area contributed by atoms with E-state index in [9.17, 15) is 9.90 Å². The van der Waals surface area contributed by atoms with Crippen molar-refractivity contribution in [3.63, 3.8) is 0 Å². The van der Waals surface area contributed by atoms with Gasteiger partial charge in [0.25, 0.3) is 0 Å². The Hall–Kier alpha value is -1.55. The van der Waals surface area contributed by atoms with Crippen LogP contribution in [-0.2, 0) is 4.79 Å². The van der Waals surface area contributed by atoms with Crippen molar-refractivity contribution in [3.05, 3.63) is 24.3 Å². The maximum atomic E-state index is 12.4. The molecule has 1 aliphatic heterocycles. The van der Waals surface area contributed by atoms with Crippen molar-refractivity contribution in [2.24, 2.45) is 11.8 Å². The fourth-order valence-electron chi connectivity index (χ4n) is 3.35. The summed E-state index contributed by atoms with van der Waals surface area (Å²) in [5, 5.41) is 10.4. The number of nitrogens with zero attached hydrogens (tertiary/aromatic N) is 1. The number of carbonyl (C=O) groups is 1. The average Bonchev–Trinajstić information content (AvgIpc) is 2.72. The molecule has 4 nitrogen and oxygen atoms in total. The molecule has 3 rings (SSSR count). The normalized spacial score (nSPS) is 30.3. The first-order chi connectivity index (χ1) is 9.22. The first-order valence-corrected chi connectivity index (χ1v) is 6.87. The van der Waals surface area contributed by atoms with Gasteiger partial charge in [-0.3, -0.25) is 9.69 Å². The average molecular weight is 261 g/mol. The summed E-state index contributed by atoms with van der Waals surface area (Å²) in [5.74, 6) is 0.930. The van der Waals surface area contributed by atoms with Crippen LogP contribution >= 0.6 is 0 Å². The van der Waals surface area contributed by atoms with Gasteiger partial charge in [0, 0.05) is 17.5 Å². The van der Waals surface area contributed by atoms with Crippen molar-refractivity contribution < 1.29 is 14.6 Å². The van der Waals surface area contributed by atoms with Crippen LogP contribution in [0.25, 0.3) is 0 Å². The van der Waals surface area contributed by atoms with Gasteiger partial charge < -0.3 is 9.84 Å². The molecule has 1 saturated carbocycles. The molecule has 1 heterocycles. The highest BCUT2D eigenvalue weighted by molar-refractivity contribution is 5.98. The summed E-state index contributed by atoms with van der Waals surface area (Å²) in [6, 6.07) is 7.29. The molecule has 102 valence electrons. The molecule has 0 aromatic heterocycles. The molecule has 0 bridgehead atoms. The predicted octanol–water partition coefficient (Wildman–Crippen LogP) is 2.17. The quantitative estimate of drug-likeness (QED) is 0.887. The minimum Gasteiger partial charge on any atom is -0.497 e.